The first-order chi connectivity index (χ1) is 9.66. The molecule has 0 radical (unpaired) electrons. The number of carboxylic acid groups (broad SMARTS) is 1. The number of piperidine rings is 1. The fraction of sp³-hybridized carbons (Fsp3) is 0.467. The number of carboxylic acids is 1. The molecule has 0 aliphatic carbocycles. The van der Waals surface area contributed by atoms with Gasteiger partial charge in [-0.3, -0.25) is 4.79 Å². The maximum atomic E-state index is 11.7. The molecule has 20 heavy (non-hydrogen) atoms. The van der Waals surface area contributed by atoms with Crippen LogP contribution in [0.3, 0.4) is 0 Å². The van der Waals surface area contributed by atoms with Gasteiger partial charge >= 0.3 is 0 Å². The molecule has 1 aliphatic rings. The Morgan fingerprint density at radius 1 is 1.10 bits per heavy atom. The second-order valence-electron chi connectivity index (χ2n) is 4.99. The lowest BCUT2D eigenvalue weighted by Crippen LogP contribution is -2.30. The number of hydrogen-bond acceptors (Lipinski definition) is 4. The van der Waals surface area contributed by atoms with Crippen molar-refractivity contribution in [1.29, 1.82) is 0 Å². The summed E-state index contributed by atoms with van der Waals surface area (Å²) in [4.78, 5) is 24.4. The van der Waals surface area contributed by atoms with E-state index in [4.69, 9.17) is 0 Å². The molecule has 0 saturated carbocycles. The molecule has 1 heterocycles. The predicted octanol–water partition coefficient (Wildman–Crippen LogP) is 1.15. The average Bonchev–Trinajstić information content (AvgIpc) is 2.47. The van der Waals surface area contributed by atoms with Crippen molar-refractivity contribution in [2.75, 3.05) is 23.3 Å². The molecule has 1 saturated heterocycles. The van der Waals surface area contributed by atoms with Gasteiger partial charge in [0.1, 0.15) is 0 Å². The molecule has 1 aromatic rings. The summed E-state index contributed by atoms with van der Waals surface area (Å²) in [5, 5.41) is 13.2. The Kier molecular flexibility index (Phi) is 4.98. The Bertz CT molecular complexity index is 482. The fourth-order valence-corrected chi connectivity index (χ4v) is 2.42. The number of rotatable bonds is 5. The van der Waals surface area contributed by atoms with E-state index >= 15 is 0 Å². The molecule has 0 spiro atoms. The van der Waals surface area contributed by atoms with Gasteiger partial charge in [0.15, 0.2) is 0 Å². The van der Waals surface area contributed by atoms with E-state index in [1.165, 1.54) is 6.42 Å². The van der Waals surface area contributed by atoms with E-state index in [9.17, 15) is 14.7 Å². The standard InChI is InChI=1S/C15H20N2O3/c18-14(8-9-15(19)20)16-12-6-2-3-7-13(12)17-10-4-1-5-11-17/h2-3,6-7H,1,4-5,8-11H2,(H,16,18)(H,19,20)/p-1. The van der Waals surface area contributed by atoms with Crippen molar-refractivity contribution < 1.29 is 14.7 Å². The molecule has 0 bridgehead atoms. The minimum Gasteiger partial charge on any atom is -0.550 e. The third-order valence-corrected chi connectivity index (χ3v) is 3.43. The first kappa shape index (κ1) is 14.4. The van der Waals surface area contributed by atoms with Crippen molar-refractivity contribution in [3.8, 4) is 0 Å². The Labute approximate surface area is 118 Å². The van der Waals surface area contributed by atoms with Crippen molar-refractivity contribution in [1.82, 2.24) is 0 Å². The SMILES string of the molecule is O=C([O-])CCC(=O)Nc1ccccc1N1CCCCC1. The lowest BCUT2D eigenvalue weighted by molar-refractivity contribution is -0.305. The Morgan fingerprint density at radius 3 is 2.50 bits per heavy atom. The third kappa shape index (κ3) is 3.98. The summed E-state index contributed by atoms with van der Waals surface area (Å²) in [7, 11) is 0. The van der Waals surface area contributed by atoms with Crippen LogP contribution in [0, 0.1) is 0 Å². The summed E-state index contributed by atoms with van der Waals surface area (Å²) in [5.74, 6) is -1.50. The van der Waals surface area contributed by atoms with Crippen LogP contribution in [0.25, 0.3) is 0 Å². The van der Waals surface area contributed by atoms with Crippen LogP contribution in [0.15, 0.2) is 24.3 Å². The molecule has 1 fully saturated rings. The molecule has 0 aromatic heterocycles. The second kappa shape index (κ2) is 6.93. The number of benzene rings is 1. The molecule has 1 aliphatic heterocycles. The lowest BCUT2D eigenvalue weighted by Gasteiger charge is -2.30. The van der Waals surface area contributed by atoms with Crippen molar-refractivity contribution >= 4 is 23.3 Å². The zero-order valence-corrected chi connectivity index (χ0v) is 11.4. The molecule has 0 unspecified atom stereocenters. The number of nitrogens with one attached hydrogen (secondary N) is 1. The van der Waals surface area contributed by atoms with Crippen molar-refractivity contribution in [2.45, 2.75) is 32.1 Å². The first-order valence-corrected chi connectivity index (χ1v) is 7.00. The molecule has 2 rings (SSSR count). The second-order valence-corrected chi connectivity index (χ2v) is 4.99. The first-order valence-electron chi connectivity index (χ1n) is 7.00. The summed E-state index contributed by atoms with van der Waals surface area (Å²) >= 11 is 0. The minimum absolute atomic E-state index is 0.0589. The summed E-state index contributed by atoms with van der Waals surface area (Å²) in [5.41, 5.74) is 1.76. The number of amides is 1. The zero-order valence-electron chi connectivity index (χ0n) is 11.4. The average molecular weight is 275 g/mol. The van der Waals surface area contributed by atoms with E-state index < -0.39 is 5.97 Å². The lowest BCUT2D eigenvalue weighted by atomic mass is 10.1. The van der Waals surface area contributed by atoms with E-state index in [1.54, 1.807) is 0 Å². The number of para-hydroxylation sites is 2. The maximum Gasteiger partial charge on any atom is 0.224 e. The number of hydrogen-bond donors (Lipinski definition) is 1. The van der Waals surface area contributed by atoms with E-state index in [0.717, 1.165) is 37.3 Å². The quantitative estimate of drug-likeness (QED) is 0.874. The van der Waals surface area contributed by atoms with E-state index in [0.29, 0.717) is 0 Å². The normalized spacial score (nSPS) is 14.9. The van der Waals surface area contributed by atoms with Crippen LogP contribution >= 0.6 is 0 Å². The largest absolute Gasteiger partial charge is 0.550 e. The molecule has 5 nitrogen and oxygen atoms in total. The van der Waals surface area contributed by atoms with Gasteiger partial charge in [0.25, 0.3) is 0 Å². The van der Waals surface area contributed by atoms with Gasteiger partial charge in [-0.1, -0.05) is 12.1 Å². The monoisotopic (exact) mass is 275 g/mol. The number of carbonyl (C=O) groups is 2. The number of aliphatic carboxylic acids is 1. The molecular formula is C15H19N2O3-. The minimum atomic E-state index is -1.20. The molecule has 1 aromatic carbocycles. The summed E-state index contributed by atoms with van der Waals surface area (Å²) in [6, 6.07) is 7.64. The smallest absolute Gasteiger partial charge is 0.224 e. The van der Waals surface area contributed by atoms with Crippen LogP contribution in [0.5, 0.6) is 0 Å². The highest BCUT2D eigenvalue weighted by Crippen LogP contribution is 2.28. The highest BCUT2D eigenvalue weighted by molar-refractivity contribution is 5.95. The predicted molar refractivity (Wildman–Crippen MR) is 75.4 cm³/mol. The van der Waals surface area contributed by atoms with Crippen LogP contribution in [-0.2, 0) is 9.59 Å². The van der Waals surface area contributed by atoms with Gasteiger partial charge in [-0.15, -0.1) is 0 Å². The van der Waals surface area contributed by atoms with Crippen molar-refractivity contribution in [3.63, 3.8) is 0 Å². The van der Waals surface area contributed by atoms with E-state index in [1.807, 2.05) is 24.3 Å². The summed E-state index contributed by atoms with van der Waals surface area (Å²) < 4.78 is 0. The Hall–Kier alpha value is -2.04. The van der Waals surface area contributed by atoms with Crippen LogP contribution in [0.4, 0.5) is 11.4 Å². The van der Waals surface area contributed by atoms with Gasteiger partial charge in [0.2, 0.25) is 5.91 Å². The van der Waals surface area contributed by atoms with Gasteiger partial charge in [-0.25, -0.2) is 0 Å². The Morgan fingerprint density at radius 2 is 1.80 bits per heavy atom. The fourth-order valence-electron chi connectivity index (χ4n) is 2.42. The van der Waals surface area contributed by atoms with Gasteiger partial charge in [-0.2, -0.15) is 0 Å². The zero-order chi connectivity index (χ0) is 14.4. The van der Waals surface area contributed by atoms with Crippen LogP contribution in [-0.4, -0.2) is 25.0 Å². The summed E-state index contributed by atoms with van der Waals surface area (Å²) in [6.07, 6.45) is 3.25. The summed E-state index contributed by atoms with van der Waals surface area (Å²) in [6.45, 7) is 1.98. The molecule has 5 heteroatoms. The maximum absolute atomic E-state index is 11.7. The van der Waals surface area contributed by atoms with Gasteiger partial charge in [0.05, 0.1) is 11.4 Å². The van der Waals surface area contributed by atoms with Crippen molar-refractivity contribution in [2.24, 2.45) is 0 Å². The molecule has 0 atom stereocenters. The van der Waals surface area contributed by atoms with Crippen LogP contribution < -0.4 is 15.3 Å². The molecule has 108 valence electrons. The van der Waals surface area contributed by atoms with E-state index in [2.05, 4.69) is 10.2 Å². The van der Waals surface area contributed by atoms with Crippen molar-refractivity contribution in [3.05, 3.63) is 24.3 Å². The highest BCUT2D eigenvalue weighted by atomic mass is 16.4. The highest BCUT2D eigenvalue weighted by Gasteiger charge is 2.15. The van der Waals surface area contributed by atoms with Gasteiger partial charge < -0.3 is 20.1 Å². The Balaban J connectivity index is 2.03. The van der Waals surface area contributed by atoms with E-state index in [-0.39, 0.29) is 18.7 Å². The van der Waals surface area contributed by atoms with Crippen LogP contribution in [0.2, 0.25) is 0 Å². The number of carbonyl (C=O) groups excluding carboxylic acids is 2. The molecule has 1 amide bonds. The van der Waals surface area contributed by atoms with Gasteiger partial charge in [-0.05, 0) is 37.8 Å². The third-order valence-electron chi connectivity index (χ3n) is 3.43. The molecule has 1 N–H and O–H groups in total. The van der Waals surface area contributed by atoms with Gasteiger partial charge in [0, 0.05) is 25.5 Å². The topological polar surface area (TPSA) is 72.5 Å². The molecular weight excluding hydrogens is 256 g/mol. The van der Waals surface area contributed by atoms with Crippen LogP contribution in [0.1, 0.15) is 32.1 Å². The number of nitrogens with zero attached hydrogens (tertiary/aromatic N) is 1. The number of anilines is 2.